The molecule has 2 aromatic rings. The number of rotatable bonds is 4. The van der Waals surface area contributed by atoms with E-state index in [4.69, 9.17) is 15.7 Å². The molecular formula is C13H14N2OS2. The van der Waals surface area contributed by atoms with E-state index in [0.717, 1.165) is 33.9 Å². The van der Waals surface area contributed by atoms with E-state index in [2.05, 4.69) is 13.0 Å². The molecule has 0 spiro atoms. The first-order valence-corrected chi connectivity index (χ1v) is 7.35. The summed E-state index contributed by atoms with van der Waals surface area (Å²) in [4.78, 5) is 2.84. The summed E-state index contributed by atoms with van der Waals surface area (Å²) < 4.78 is 5.20. The van der Waals surface area contributed by atoms with E-state index < -0.39 is 0 Å². The van der Waals surface area contributed by atoms with Crippen LogP contribution in [0.1, 0.15) is 23.8 Å². The van der Waals surface area contributed by atoms with Gasteiger partial charge in [-0.2, -0.15) is 5.26 Å². The first-order chi connectivity index (χ1) is 8.71. The number of nitrogens with two attached hydrogens (primary N) is 1. The Morgan fingerprint density at radius 2 is 2.28 bits per heavy atom. The van der Waals surface area contributed by atoms with Crippen LogP contribution in [0.15, 0.2) is 11.4 Å². The van der Waals surface area contributed by atoms with Crippen LogP contribution in [0.5, 0.6) is 5.75 Å². The minimum Gasteiger partial charge on any atom is -0.496 e. The van der Waals surface area contributed by atoms with Gasteiger partial charge in [-0.25, -0.2) is 0 Å². The lowest BCUT2D eigenvalue weighted by Crippen LogP contribution is -1.92. The third-order valence-corrected chi connectivity index (χ3v) is 4.93. The van der Waals surface area contributed by atoms with Gasteiger partial charge in [0.15, 0.2) is 0 Å². The predicted molar refractivity (Wildman–Crippen MR) is 77.3 cm³/mol. The van der Waals surface area contributed by atoms with Crippen molar-refractivity contribution in [2.75, 3.05) is 12.8 Å². The van der Waals surface area contributed by atoms with Crippen LogP contribution in [0.2, 0.25) is 0 Å². The van der Waals surface area contributed by atoms with Crippen molar-refractivity contribution in [3.63, 3.8) is 0 Å². The van der Waals surface area contributed by atoms with Gasteiger partial charge in [0.2, 0.25) is 0 Å². The molecule has 2 heterocycles. The molecular weight excluding hydrogens is 264 g/mol. The van der Waals surface area contributed by atoms with Crippen LogP contribution >= 0.6 is 22.7 Å². The smallest absolute Gasteiger partial charge is 0.130 e. The molecule has 0 fully saturated rings. The molecule has 2 rings (SSSR count). The van der Waals surface area contributed by atoms with Gasteiger partial charge in [0.05, 0.1) is 17.7 Å². The number of nitrogens with zero attached hydrogens (tertiary/aromatic N) is 1. The quantitative estimate of drug-likeness (QED) is 0.923. The summed E-state index contributed by atoms with van der Waals surface area (Å²) in [5, 5.41) is 11.0. The van der Waals surface area contributed by atoms with Crippen molar-refractivity contribution < 1.29 is 4.74 Å². The van der Waals surface area contributed by atoms with E-state index in [-0.39, 0.29) is 0 Å². The molecule has 5 heteroatoms. The summed E-state index contributed by atoms with van der Waals surface area (Å²) in [5.74, 6) is 0.850. The molecule has 18 heavy (non-hydrogen) atoms. The third-order valence-electron chi connectivity index (χ3n) is 2.68. The number of thiophene rings is 2. The summed E-state index contributed by atoms with van der Waals surface area (Å²) in [6, 6.07) is 4.17. The van der Waals surface area contributed by atoms with E-state index in [9.17, 15) is 0 Å². The number of hydrogen-bond donors (Lipinski definition) is 1. The number of nitrogen functional groups attached to an aromatic ring is 1. The van der Waals surface area contributed by atoms with Gasteiger partial charge in [-0.15, -0.1) is 22.7 Å². The van der Waals surface area contributed by atoms with Crippen LogP contribution in [0.3, 0.4) is 0 Å². The highest BCUT2D eigenvalue weighted by Crippen LogP contribution is 2.42. The van der Waals surface area contributed by atoms with E-state index in [1.54, 1.807) is 18.4 Å². The summed E-state index contributed by atoms with van der Waals surface area (Å²) in [7, 11) is 1.66. The van der Waals surface area contributed by atoms with Gasteiger partial charge in [0, 0.05) is 10.3 Å². The molecule has 2 N–H and O–H groups in total. The Bertz CT molecular complexity index is 593. The fourth-order valence-corrected chi connectivity index (χ4v) is 3.87. The van der Waals surface area contributed by atoms with Gasteiger partial charge in [0.1, 0.15) is 16.7 Å². The van der Waals surface area contributed by atoms with Crippen molar-refractivity contribution >= 4 is 28.4 Å². The second-order valence-electron chi connectivity index (χ2n) is 3.87. The Morgan fingerprint density at radius 3 is 2.83 bits per heavy atom. The molecule has 0 saturated carbocycles. The van der Waals surface area contributed by atoms with E-state index in [0.29, 0.717) is 10.6 Å². The van der Waals surface area contributed by atoms with Gasteiger partial charge < -0.3 is 10.5 Å². The monoisotopic (exact) mass is 278 g/mol. The van der Waals surface area contributed by atoms with Crippen LogP contribution in [0.4, 0.5) is 5.69 Å². The van der Waals surface area contributed by atoms with Crippen LogP contribution < -0.4 is 10.5 Å². The second-order valence-corrected chi connectivity index (χ2v) is 5.80. The summed E-state index contributed by atoms with van der Waals surface area (Å²) >= 11 is 3.09. The molecule has 0 saturated heterocycles. The Hall–Kier alpha value is -1.51. The summed E-state index contributed by atoms with van der Waals surface area (Å²) in [6.07, 6.45) is 1.92. The Balaban J connectivity index is 2.52. The average Bonchev–Trinajstić information content (AvgIpc) is 2.96. The van der Waals surface area contributed by atoms with Gasteiger partial charge in [-0.3, -0.25) is 0 Å². The molecule has 0 aliphatic rings. The molecule has 94 valence electrons. The maximum absolute atomic E-state index is 9.08. The predicted octanol–water partition coefficient (Wildman–Crippen LogP) is 3.89. The van der Waals surface area contributed by atoms with Gasteiger partial charge in [0.25, 0.3) is 0 Å². The normalized spacial score (nSPS) is 10.3. The van der Waals surface area contributed by atoms with Crippen LogP contribution in [0, 0.1) is 11.3 Å². The number of methoxy groups -OCH3 is 1. The molecule has 2 aromatic heterocycles. The molecule has 0 amide bonds. The summed E-state index contributed by atoms with van der Waals surface area (Å²) in [6.45, 7) is 2.11. The van der Waals surface area contributed by atoms with Crippen LogP contribution in [0.25, 0.3) is 9.75 Å². The number of hydrogen-bond acceptors (Lipinski definition) is 5. The first-order valence-electron chi connectivity index (χ1n) is 5.65. The zero-order valence-electron chi connectivity index (χ0n) is 10.3. The summed E-state index contributed by atoms with van der Waals surface area (Å²) in [5.41, 5.74) is 7.78. The molecule has 0 aliphatic heterocycles. The first kappa shape index (κ1) is 12.9. The average molecular weight is 278 g/mol. The number of anilines is 1. The van der Waals surface area contributed by atoms with Gasteiger partial charge in [-0.1, -0.05) is 13.3 Å². The largest absolute Gasteiger partial charge is 0.496 e. The molecule has 0 aromatic carbocycles. The Kier molecular flexibility index (Phi) is 3.90. The lowest BCUT2D eigenvalue weighted by atomic mass is 10.1. The van der Waals surface area contributed by atoms with Crippen LogP contribution in [-0.4, -0.2) is 7.11 Å². The molecule has 0 aliphatic carbocycles. The third kappa shape index (κ3) is 2.22. The van der Waals surface area contributed by atoms with Crippen molar-refractivity contribution in [1.82, 2.24) is 0 Å². The van der Waals surface area contributed by atoms with Gasteiger partial charge >= 0.3 is 0 Å². The van der Waals surface area contributed by atoms with E-state index in [1.807, 2.05) is 11.4 Å². The molecule has 0 atom stereocenters. The van der Waals surface area contributed by atoms with Crippen molar-refractivity contribution in [2.24, 2.45) is 0 Å². The van der Waals surface area contributed by atoms with E-state index >= 15 is 0 Å². The van der Waals surface area contributed by atoms with Crippen molar-refractivity contribution in [3.05, 3.63) is 21.9 Å². The van der Waals surface area contributed by atoms with Crippen molar-refractivity contribution in [1.29, 1.82) is 5.26 Å². The minimum atomic E-state index is 0.612. The Morgan fingerprint density at radius 1 is 1.50 bits per heavy atom. The Labute approximate surface area is 114 Å². The number of nitriles is 1. The fraction of sp³-hybridized carbons (Fsp3) is 0.308. The maximum atomic E-state index is 9.08. The van der Waals surface area contributed by atoms with E-state index in [1.165, 1.54) is 11.3 Å². The molecule has 0 bridgehead atoms. The SMILES string of the molecule is CCCc1c(-c2cc(OC)cs2)sc(C#N)c1N. The highest BCUT2D eigenvalue weighted by molar-refractivity contribution is 7.22. The minimum absolute atomic E-state index is 0.612. The van der Waals surface area contributed by atoms with Crippen LogP contribution in [-0.2, 0) is 6.42 Å². The lowest BCUT2D eigenvalue weighted by Gasteiger charge is -2.01. The standard InChI is InChI=1S/C13H14N2OS2/c1-3-4-9-12(15)11(6-14)18-13(9)10-5-8(16-2)7-17-10/h5,7H,3-4,15H2,1-2H3. The second kappa shape index (κ2) is 5.42. The van der Waals surface area contributed by atoms with Crippen molar-refractivity contribution in [3.8, 4) is 21.6 Å². The molecule has 0 unspecified atom stereocenters. The fourth-order valence-electron chi connectivity index (χ4n) is 1.80. The zero-order chi connectivity index (χ0) is 13.1. The molecule has 0 radical (unpaired) electrons. The number of ether oxygens (including phenoxy) is 1. The molecule has 3 nitrogen and oxygen atoms in total. The van der Waals surface area contributed by atoms with Crippen molar-refractivity contribution in [2.45, 2.75) is 19.8 Å². The maximum Gasteiger partial charge on any atom is 0.130 e. The highest BCUT2D eigenvalue weighted by Gasteiger charge is 2.17. The highest BCUT2D eigenvalue weighted by atomic mass is 32.1. The zero-order valence-corrected chi connectivity index (χ0v) is 12.0. The lowest BCUT2D eigenvalue weighted by molar-refractivity contribution is 0.417. The van der Waals surface area contributed by atoms with Gasteiger partial charge in [-0.05, 0) is 18.1 Å². The topological polar surface area (TPSA) is 59.0 Å².